The topological polar surface area (TPSA) is 31.7 Å². The molecule has 21 heavy (non-hydrogen) atoms. The van der Waals surface area contributed by atoms with Crippen molar-refractivity contribution < 1.29 is 4.42 Å². The van der Waals surface area contributed by atoms with Gasteiger partial charge in [-0.2, -0.15) is 0 Å². The first-order valence-electron chi connectivity index (χ1n) is 8.21. The summed E-state index contributed by atoms with van der Waals surface area (Å²) < 4.78 is 5.72. The van der Waals surface area contributed by atoms with Crippen molar-refractivity contribution in [2.75, 3.05) is 33.7 Å². The second-order valence-corrected chi connectivity index (χ2v) is 6.87. The number of likely N-dealkylation sites (N-methyl/N-ethyl adjacent to an activating group) is 2. The largest absolute Gasteiger partial charge is 0.468 e. The van der Waals surface area contributed by atoms with Crippen molar-refractivity contribution in [3.05, 3.63) is 23.7 Å². The normalized spacial score (nSPS) is 20.6. The molecule has 0 radical (unpaired) electrons. The minimum absolute atomic E-state index is 0.644. The Balaban J connectivity index is 1.85. The molecule has 0 bridgehead atoms. The molecular formula is C17H31N3O. The summed E-state index contributed by atoms with van der Waals surface area (Å²) in [4.78, 5) is 4.87. The standard InChI is InChI=1S/C17H31N3O/c1-14(2)10-18-11-15-7-9-21-17(15)13-20(4)16-6-5-8-19(3)12-16/h7,9,14,16,18H,5-6,8,10-13H2,1-4H3. The highest BCUT2D eigenvalue weighted by molar-refractivity contribution is 5.17. The second kappa shape index (κ2) is 7.97. The molecule has 1 aliphatic rings. The van der Waals surface area contributed by atoms with Crippen LogP contribution in [0.3, 0.4) is 0 Å². The summed E-state index contributed by atoms with van der Waals surface area (Å²) in [5.74, 6) is 1.79. The molecule has 0 amide bonds. The van der Waals surface area contributed by atoms with Crippen LogP contribution in [-0.2, 0) is 13.1 Å². The average molecular weight is 293 g/mol. The van der Waals surface area contributed by atoms with Gasteiger partial charge in [-0.15, -0.1) is 0 Å². The third-order valence-corrected chi connectivity index (χ3v) is 4.32. The predicted molar refractivity (Wildman–Crippen MR) is 87.2 cm³/mol. The van der Waals surface area contributed by atoms with Crippen LogP contribution in [0, 0.1) is 5.92 Å². The highest BCUT2D eigenvalue weighted by Gasteiger charge is 2.22. The molecular weight excluding hydrogens is 262 g/mol. The molecule has 4 nitrogen and oxygen atoms in total. The molecule has 1 aromatic heterocycles. The lowest BCUT2D eigenvalue weighted by atomic mass is 10.0. The minimum Gasteiger partial charge on any atom is -0.468 e. The molecule has 1 N–H and O–H groups in total. The van der Waals surface area contributed by atoms with E-state index in [1.165, 1.54) is 24.9 Å². The van der Waals surface area contributed by atoms with Crippen LogP contribution < -0.4 is 5.32 Å². The van der Waals surface area contributed by atoms with Gasteiger partial charge >= 0.3 is 0 Å². The van der Waals surface area contributed by atoms with Gasteiger partial charge in [-0.1, -0.05) is 13.8 Å². The smallest absolute Gasteiger partial charge is 0.122 e. The summed E-state index contributed by atoms with van der Waals surface area (Å²) in [6.07, 6.45) is 4.41. The lowest BCUT2D eigenvalue weighted by molar-refractivity contribution is 0.123. The molecule has 0 aromatic carbocycles. The van der Waals surface area contributed by atoms with E-state index >= 15 is 0 Å². The lowest BCUT2D eigenvalue weighted by Gasteiger charge is -2.35. The number of nitrogens with zero attached hydrogens (tertiary/aromatic N) is 2. The molecule has 120 valence electrons. The summed E-state index contributed by atoms with van der Waals surface area (Å²) in [6.45, 7) is 9.72. The molecule has 1 atom stereocenters. The van der Waals surface area contributed by atoms with E-state index < -0.39 is 0 Å². The SMILES string of the molecule is CC(C)CNCc1ccoc1CN(C)C1CCCN(C)C1. The average Bonchev–Trinajstić information content (AvgIpc) is 2.86. The molecule has 0 aliphatic carbocycles. The Bertz CT molecular complexity index is 416. The summed E-state index contributed by atoms with van der Waals surface area (Å²) in [5, 5.41) is 3.50. The van der Waals surface area contributed by atoms with Gasteiger partial charge in [0.1, 0.15) is 5.76 Å². The van der Waals surface area contributed by atoms with Crippen LogP contribution in [0.5, 0.6) is 0 Å². The lowest BCUT2D eigenvalue weighted by Crippen LogP contribution is -2.44. The zero-order chi connectivity index (χ0) is 15.2. The monoisotopic (exact) mass is 293 g/mol. The molecule has 0 spiro atoms. The van der Waals surface area contributed by atoms with Crippen LogP contribution in [0.2, 0.25) is 0 Å². The van der Waals surface area contributed by atoms with Crippen LogP contribution in [0.4, 0.5) is 0 Å². The van der Waals surface area contributed by atoms with Gasteiger partial charge in [0, 0.05) is 24.7 Å². The van der Waals surface area contributed by atoms with Crippen LogP contribution in [-0.4, -0.2) is 49.6 Å². The molecule has 2 heterocycles. The quantitative estimate of drug-likeness (QED) is 0.837. The fourth-order valence-corrected chi connectivity index (χ4v) is 3.01. The first kappa shape index (κ1) is 16.5. The Morgan fingerprint density at radius 2 is 2.29 bits per heavy atom. The van der Waals surface area contributed by atoms with Gasteiger partial charge in [0.05, 0.1) is 12.8 Å². The van der Waals surface area contributed by atoms with Gasteiger partial charge in [0.15, 0.2) is 0 Å². The summed E-state index contributed by atoms with van der Waals surface area (Å²) in [6, 6.07) is 2.74. The molecule has 0 saturated carbocycles. The van der Waals surface area contributed by atoms with Crippen molar-refractivity contribution in [1.82, 2.24) is 15.1 Å². The van der Waals surface area contributed by atoms with E-state index in [-0.39, 0.29) is 0 Å². The van der Waals surface area contributed by atoms with Crippen molar-refractivity contribution in [3.63, 3.8) is 0 Å². The maximum atomic E-state index is 5.72. The number of furan rings is 1. The number of piperidine rings is 1. The highest BCUT2D eigenvalue weighted by Crippen LogP contribution is 2.18. The molecule has 4 heteroatoms. The van der Waals surface area contributed by atoms with Crippen molar-refractivity contribution in [1.29, 1.82) is 0 Å². The number of rotatable bonds is 7. The molecule has 1 unspecified atom stereocenters. The number of hydrogen-bond acceptors (Lipinski definition) is 4. The van der Waals surface area contributed by atoms with Crippen molar-refractivity contribution in [2.24, 2.45) is 5.92 Å². The van der Waals surface area contributed by atoms with Gasteiger partial charge in [0.2, 0.25) is 0 Å². The fraction of sp³-hybridized carbons (Fsp3) is 0.765. The fourth-order valence-electron chi connectivity index (χ4n) is 3.01. The zero-order valence-electron chi connectivity index (χ0n) is 14.1. The minimum atomic E-state index is 0.644. The van der Waals surface area contributed by atoms with Crippen LogP contribution in [0.15, 0.2) is 16.7 Å². The summed E-state index contributed by atoms with van der Waals surface area (Å²) >= 11 is 0. The molecule has 1 saturated heterocycles. The summed E-state index contributed by atoms with van der Waals surface area (Å²) in [5.41, 5.74) is 1.30. The predicted octanol–water partition coefficient (Wildman–Crippen LogP) is 2.55. The van der Waals surface area contributed by atoms with E-state index in [0.29, 0.717) is 12.0 Å². The van der Waals surface area contributed by atoms with Crippen molar-refractivity contribution in [2.45, 2.75) is 45.8 Å². The summed E-state index contributed by atoms with van der Waals surface area (Å²) in [7, 11) is 4.44. The molecule has 1 aliphatic heterocycles. The second-order valence-electron chi connectivity index (χ2n) is 6.87. The zero-order valence-corrected chi connectivity index (χ0v) is 14.1. The number of hydrogen-bond donors (Lipinski definition) is 1. The number of likely N-dealkylation sites (tertiary alicyclic amines) is 1. The van der Waals surface area contributed by atoms with Gasteiger partial charge in [-0.3, -0.25) is 4.90 Å². The Morgan fingerprint density at radius 1 is 1.48 bits per heavy atom. The highest BCUT2D eigenvalue weighted by atomic mass is 16.3. The van der Waals surface area contributed by atoms with E-state index in [9.17, 15) is 0 Å². The number of nitrogens with one attached hydrogen (secondary N) is 1. The molecule has 1 aromatic rings. The van der Waals surface area contributed by atoms with Gasteiger partial charge in [-0.05, 0) is 52.0 Å². The Labute approximate surface area is 129 Å². The van der Waals surface area contributed by atoms with E-state index in [0.717, 1.165) is 31.9 Å². The van der Waals surface area contributed by atoms with Crippen LogP contribution in [0.1, 0.15) is 38.0 Å². The van der Waals surface area contributed by atoms with Gasteiger partial charge in [-0.25, -0.2) is 0 Å². The van der Waals surface area contributed by atoms with Gasteiger partial charge in [0.25, 0.3) is 0 Å². The van der Waals surface area contributed by atoms with E-state index in [1.807, 2.05) is 6.26 Å². The third kappa shape index (κ3) is 5.13. The van der Waals surface area contributed by atoms with Gasteiger partial charge < -0.3 is 14.6 Å². The third-order valence-electron chi connectivity index (χ3n) is 4.32. The Hall–Kier alpha value is -0.840. The maximum Gasteiger partial charge on any atom is 0.122 e. The van der Waals surface area contributed by atoms with Crippen LogP contribution in [0.25, 0.3) is 0 Å². The van der Waals surface area contributed by atoms with E-state index in [2.05, 4.69) is 49.1 Å². The first-order chi connectivity index (χ1) is 10.1. The molecule has 2 rings (SSSR count). The maximum absolute atomic E-state index is 5.72. The Morgan fingerprint density at radius 3 is 3.00 bits per heavy atom. The van der Waals surface area contributed by atoms with E-state index in [4.69, 9.17) is 4.42 Å². The van der Waals surface area contributed by atoms with E-state index in [1.54, 1.807) is 0 Å². The van der Waals surface area contributed by atoms with Crippen molar-refractivity contribution in [3.8, 4) is 0 Å². The molecule has 1 fully saturated rings. The Kier molecular flexibility index (Phi) is 6.27. The van der Waals surface area contributed by atoms with Crippen molar-refractivity contribution >= 4 is 0 Å². The first-order valence-corrected chi connectivity index (χ1v) is 8.21. The van der Waals surface area contributed by atoms with Crippen LogP contribution >= 0.6 is 0 Å².